The van der Waals surface area contributed by atoms with Gasteiger partial charge in [0, 0.05) is 38.3 Å². The molecule has 0 radical (unpaired) electrons. The molecule has 9 heteroatoms. The molecule has 1 saturated heterocycles. The molecule has 0 aliphatic carbocycles. The predicted octanol–water partition coefficient (Wildman–Crippen LogP) is 2.72. The first-order chi connectivity index (χ1) is 15.2. The van der Waals surface area contributed by atoms with Gasteiger partial charge in [0.2, 0.25) is 10.0 Å². The third-order valence-electron chi connectivity index (χ3n) is 5.69. The van der Waals surface area contributed by atoms with Crippen molar-refractivity contribution in [2.24, 2.45) is 0 Å². The van der Waals surface area contributed by atoms with Crippen LogP contribution in [-0.2, 0) is 27.8 Å². The first kappa shape index (κ1) is 24.2. The number of rotatable bonds is 8. The van der Waals surface area contributed by atoms with E-state index in [1.165, 1.54) is 23.5 Å². The highest BCUT2D eigenvalue weighted by Crippen LogP contribution is 2.25. The summed E-state index contributed by atoms with van der Waals surface area (Å²) in [5.74, 6) is -1.42. The molecule has 2 aromatic rings. The van der Waals surface area contributed by atoms with E-state index in [0.29, 0.717) is 5.69 Å². The molecule has 0 N–H and O–H groups in total. The number of piperazine rings is 1. The molecule has 0 atom stereocenters. The molecule has 1 fully saturated rings. The van der Waals surface area contributed by atoms with Crippen LogP contribution in [0.25, 0.3) is 0 Å². The number of esters is 1. The van der Waals surface area contributed by atoms with E-state index in [4.69, 9.17) is 0 Å². The largest absolute Gasteiger partial charge is 0.465 e. The molecular weight excluding hydrogens is 433 g/mol. The molecule has 1 heterocycles. The van der Waals surface area contributed by atoms with Gasteiger partial charge in [-0.3, -0.25) is 9.21 Å². The number of halogens is 1. The molecule has 1 aliphatic heterocycles. The van der Waals surface area contributed by atoms with E-state index in [0.717, 1.165) is 44.4 Å². The highest BCUT2D eigenvalue weighted by atomic mass is 32.2. The Morgan fingerprint density at radius 2 is 1.84 bits per heavy atom. The Morgan fingerprint density at radius 3 is 2.47 bits per heavy atom. The highest BCUT2D eigenvalue weighted by molar-refractivity contribution is 7.92. The lowest BCUT2D eigenvalue weighted by molar-refractivity contribution is 0.0600. The van der Waals surface area contributed by atoms with E-state index in [1.807, 2.05) is 18.2 Å². The molecule has 1 aliphatic rings. The Balaban J connectivity index is 1.86. The molecular formula is C23H30FN3O4S. The highest BCUT2D eigenvalue weighted by Gasteiger charge is 2.23. The van der Waals surface area contributed by atoms with Gasteiger partial charge in [-0.2, -0.15) is 0 Å². The summed E-state index contributed by atoms with van der Waals surface area (Å²) in [4.78, 5) is 16.3. The summed E-state index contributed by atoms with van der Waals surface area (Å²) in [6.45, 7) is 6.02. The first-order valence-corrected chi connectivity index (χ1v) is 12.2. The fraction of sp³-hybridized carbons (Fsp3) is 0.435. The quantitative estimate of drug-likeness (QED) is 0.561. The summed E-state index contributed by atoms with van der Waals surface area (Å²) < 4.78 is 46.3. The van der Waals surface area contributed by atoms with Crippen molar-refractivity contribution in [3.8, 4) is 0 Å². The van der Waals surface area contributed by atoms with Crippen molar-refractivity contribution in [3.63, 3.8) is 0 Å². The van der Waals surface area contributed by atoms with Crippen molar-refractivity contribution in [2.75, 3.05) is 50.4 Å². The molecule has 2 aromatic carbocycles. The molecule has 32 heavy (non-hydrogen) atoms. The van der Waals surface area contributed by atoms with E-state index < -0.39 is 21.8 Å². The lowest BCUT2D eigenvalue weighted by atomic mass is 10.1. The lowest BCUT2D eigenvalue weighted by Gasteiger charge is -2.32. The SMILES string of the molecule is CCS(=O)(=O)N(Cc1ccc(C(=O)OC)cc1F)c1cccc(CN2CCN(C)CC2)c1. The van der Waals surface area contributed by atoms with Crippen LogP contribution in [0, 0.1) is 5.82 Å². The number of hydrogen-bond donors (Lipinski definition) is 0. The zero-order chi connectivity index (χ0) is 23.3. The third-order valence-corrected chi connectivity index (χ3v) is 7.43. The number of ether oxygens (including phenoxy) is 1. The van der Waals surface area contributed by atoms with E-state index >= 15 is 0 Å². The normalized spacial score (nSPS) is 15.5. The second-order valence-electron chi connectivity index (χ2n) is 7.95. The van der Waals surface area contributed by atoms with Gasteiger partial charge in [0.05, 0.1) is 30.7 Å². The maximum absolute atomic E-state index is 14.7. The fourth-order valence-corrected chi connectivity index (χ4v) is 4.74. The minimum atomic E-state index is -3.66. The van der Waals surface area contributed by atoms with Crippen molar-refractivity contribution in [3.05, 3.63) is 65.0 Å². The second-order valence-corrected chi connectivity index (χ2v) is 10.1. The van der Waals surface area contributed by atoms with Crippen LogP contribution in [0.4, 0.5) is 10.1 Å². The van der Waals surface area contributed by atoms with Crippen molar-refractivity contribution in [1.29, 1.82) is 0 Å². The summed E-state index contributed by atoms with van der Waals surface area (Å²) in [6, 6.07) is 11.3. The predicted molar refractivity (Wildman–Crippen MR) is 123 cm³/mol. The number of benzene rings is 2. The third kappa shape index (κ3) is 5.85. The molecule has 0 unspecified atom stereocenters. The Labute approximate surface area is 189 Å². The molecule has 0 amide bonds. The smallest absolute Gasteiger partial charge is 0.337 e. The van der Waals surface area contributed by atoms with E-state index in [-0.39, 0.29) is 23.4 Å². The Bertz CT molecular complexity index is 1050. The van der Waals surface area contributed by atoms with Crippen LogP contribution in [0.5, 0.6) is 0 Å². The number of anilines is 1. The standard InChI is InChI=1S/C23H30FN3O4S/c1-4-32(29,30)27(17-20-9-8-19(15-22(20)24)23(28)31-3)21-7-5-6-18(14-21)16-26-12-10-25(2)11-13-26/h5-9,14-15H,4,10-13,16-17H2,1-3H3. The summed E-state index contributed by atoms with van der Waals surface area (Å²) in [5, 5.41) is 0. The first-order valence-electron chi connectivity index (χ1n) is 10.6. The van der Waals surface area contributed by atoms with Gasteiger partial charge < -0.3 is 9.64 Å². The van der Waals surface area contributed by atoms with Crippen LogP contribution in [0.15, 0.2) is 42.5 Å². The van der Waals surface area contributed by atoms with Gasteiger partial charge in [-0.1, -0.05) is 18.2 Å². The monoisotopic (exact) mass is 463 g/mol. The number of likely N-dealkylation sites (N-methyl/N-ethyl adjacent to an activating group) is 1. The zero-order valence-electron chi connectivity index (χ0n) is 18.8. The van der Waals surface area contributed by atoms with Gasteiger partial charge in [-0.15, -0.1) is 0 Å². The average molecular weight is 464 g/mol. The van der Waals surface area contributed by atoms with Gasteiger partial charge in [0.15, 0.2) is 0 Å². The van der Waals surface area contributed by atoms with Crippen LogP contribution in [0.3, 0.4) is 0 Å². The van der Waals surface area contributed by atoms with Gasteiger partial charge >= 0.3 is 5.97 Å². The number of carbonyl (C=O) groups excluding carboxylic acids is 1. The molecule has 174 valence electrons. The van der Waals surface area contributed by atoms with Gasteiger partial charge in [0.1, 0.15) is 5.82 Å². The summed E-state index contributed by atoms with van der Waals surface area (Å²) in [7, 11) is -0.341. The van der Waals surface area contributed by atoms with Crippen LogP contribution in [0.1, 0.15) is 28.4 Å². The molecule has 0 saturated carbocycles. The van der Waals surface area contributed by atoms with Gasteiger partial charge in [0.25, 0.3) is 0 Å². The van der Waals surface area contributed by atoms with Crippen LogP contribution in [-0.4, -0.2) is 70.3 Å². The Morgan fingerprint density at radius 1 is 1.12 bits per heavy atom. The maximum atomic E-state index is 14.7. The number of nitrogens with zero attached hydrogens (tertiary/aromatic N) is 3. The molecule has 7 nitrogen and oxygen atoms in total. The Hall–Kier alpha value is -2.49. The number of methoxy groups -OCH3 is 1. The molecule has 0 spiro atoms. The second kappa shape index (κ2) is 10.4. The summed E-state index contributed by atoms with van der Waals surface area (Å²) >= 11 is 0. The molecule has 0 aromatic heterocycles. The Kier molecular flexibility index (Phi) is 7.86. The van der Waals surface area contributed by atoms with E-state index in [2.05, 4.69) is 21.6 Å². The van der Waals surface area contributed by atoms with Crippen molar-refractivity contribution < 1.29 is 22.3 Å². The van der Waals surface area contributed by atoms with Crippen LogP contribution >= 0.6 is 0 Å². The number of hydrogen-bond acceptors (Lipinski definition) is 6. The van der Waals surface area contributed by atoms with Crippen molar-refractivity contribution >= 4 is 21.7 Å². The van der Waals surface area contributed by atoms with E-state index in [1.54, 1.807) is 13.0 Å². The zero-order valence-corrected chi connectivity index (χ0v) is 19.6. The van der Waals surface area contributed by atoms with E-state index in [9.17, 15) is 17.6 Å². The summed E-state index contributed by atoms with van der Waals surface area (Å²) in [6.07, 6.45) is 0. The maximum Gasteiger partial charge on any atom is 0.337 e. The lowest BCUT2D eigenvalue weighted by Crippen LogP contribution is -2.43. The van der Waals surface area contributed by atoms with Gasteiger partial charge in [-0.05, 0) is 43.8 Å². The minimum Gasteiger partial charge on any atom is -0.465 e. The fourth-order valence-electron chi connectivity index (χ4n) is 3.66. The van der Waals surface area contributed by atoms with Crippen molar-refractivity contribution in [2.45, 2.75) is 20.0 Å². The number of carbonyl (C=O) groups is 1. The molecule has 3 rings (SSSR count). The minimum absolute atomic E-state index is 0.0767. The average Bonchev–Trinajstić information content (AvgIpc) is 2.79. The van der Waals surface area contributed by atoms with Crippen LogP contribution in [0.2, 0.25) is 0 Å². The summed E-state index contributed by atoms with van der Waals surface area (Å²) in [5.41, 5.74) is 1.76. The topological polar surface area (TPSA) is 70.2 Å². The van der Waals surface area contributed by atoms with Gasteiger partial charge in [-0.25, -0.2) is 17.6 Å². The molecule has 0 bridgehead atoms. The van der Waals surface area contributed by atoms with Crippen molar-refractivity contribution in [1.82, 2.24) is 9.80 Å². The van der Waals surface area contributed by atoms with Crippen LogP contribution < -0.4 is 4.31 Å². The number of sulfonamides is 1.